The van der Waals surface area contributed by atoms with Crippen LogP contribution in [0.2, 0.25) is 0 Å². The maximum atomic E-state index is 6.41. The molecule has 4 heterocycles. The summed E-state index contributed by atoms with van der Waals surface area (Å²) in [5.74, 6) is 3.87. The zero-order valence-corrected chi connectivity index (χ0v) is 21.4. The van der Waals surface area contributed by atoms with Gasteiger partial charge in [0.2, 0.25) is 0 Å². The third-order valence-electron chi connectivity index (χ3n) is 7.20. The zero-order valence-electron chi connectivity index (χ0n) is 21.4. The van der Waals surface area contributed by atoms with E-state index in [0.717, 1.165) is 70.2 Å². The second-order valence-electron chi connectivity index (χ2n) is 10.0. The van der Waals surface area contributed by atoms with Crippen molar-refractivity contribution in [2.75, 3.05) is 19.7 Å². The monoisotopic (exact) mass is 496 g/mol. The molecular weight excluding hydrogens is 464 g/mol. The number of furan rings is 2. The van der Waals surface area contributed by atoms with E-state index in [9.17, 15) is 0 Å². The van der Waals surface area contributed by atoms with Gasteiger partial charge in [-0.25, -0.2) is 0 Å². The first-order valence-corrected chi connectivity index (χ1v) is 13.0. The van der Waals surface area contributed by atoms with Gasteiger partial charge < -0.3 is 18.3 Å². The molecule has 0 N–H and O–H groups in total. The molecule has 6 rings (SSSR count). The molecule has 190 valence electrons. The number of piperidine rings is 1. The Morgan fingerprint density at radius 3 is 2.84 bits per heavy atom. The number of likely N-dealkylation sites (tertiary alicyclic amines) is 1. The van der Waals surface area contributed by atoms with E-state index in [1.165, 1.54) is 18.4 Å². The van der Waals surface area contributed by atoms with Crippen LogP contribution < -0.4 is 9.47 Å². The maximum Gasteiger partial charge on any atom is 0.146 e. The predicted octanol–water partition coefficient (Wildman–Crippen LogP) is 7.06. The molecule has 1 aliphatic heterocycles. The molecule has 1 saturated heterocycles. The van der Waals surface area contributed by atoms with Crippen LogP contribution in [-0.4, -0.2) is 29.6 Å². The molecule has 0 aliphatic carbocycles. The van der Waals surface area contributed by atoms with Gasteiger partial charge in [-0.05, 0) is 81.3 Å². The number of pyridine rings is 1. The Bertz CT molecular complexity index is 1500. The maximum absolute atomic E-state index is 6.41. The number of fused-ring (bicyclic) bond motifs is 2. The Labute approximate surface area is 216 Å². The SMILES string of the molecule is Cc1cc2cc(OCc3oc4cccc(OCC5CCCN(Cc6cccnc6)C5)c4c3C)ccc2o1. The van der Waals surface area contributed by atoms with Crippen molar-refractivity contribution >= 4 is 21.9 Å². The fourth-order valence-electron chi connectivity index (χ4n) is 5.35. The van der Waals surface area contributed by atoms with Gasteiger partial charge in [-0.2, -0.15) is 0 Å². The Hall–Kier alpha value is -3.77. The highest BCUT2D eigenvalue weighted by Gasteiger charge is 2.22. The van der Waals surface area contributed by atoms with E-state index in [1.54, 1.807) is 0 Å². The molecule has 0 bridgehead atoms. The fourth-order valence-corrected chi connectivity index (χ4v) is 5.35. The number of benzene rings is 2. The summed E-state index contributed by atoms with van der Waals surface area (Å²) in [7, 11) is 0. The number of nitrogens with zero attached hydrogens (tertiary/aromatic N) is 2. The van der Waals surface area contributed by atoms with Gasteiger partial charge in [0.25, 0.3) is 0 Å². The Morgan fingerprint density at radius 2 is 1.95 bits per heavy atom. The molecule has 1 atom stereocenters. The van der Waals surface area contributed by atoms with Gasteiger partial charge in [-0.1, -0.05) is 12.1 Å². The smallest absolute Gasteiger partial charge is 0.146 e. The van der Waals surface area contributed by atoms with E-state index in [0.29, 0.717) is 19.1 Å². The summed E-state index contributed by atoms with van der Waals surface area (Å²) in [4.78, 5) is 6.76. The summed E-state index contributed by atoms with van der Waals surface area (Å²) in [5.41, 5.74) is 4.02. The lowest BCUT2D eigenvalue weighted by Crippen LogP contribution is -2.37. The van der Waals surface area contributed by atoms with Crippen molar-refractivity contribution in [1.82, 2.24) is 9.88 Å². The van der Waals surface area contributed by atoms with Gasteiger partial charge in [0.1, 0.15) is 40.8 Å². The van der Waals surface area contributed by atoms with Crippen molar-refractivity contribution in [3.8, 4) is 11.5 Å². The van der Waals surface area contributed by atoms with Crippen molar-refractivity contribution in [1.29, 1.82) is 0 Å². The number of aromatic nitrogens is 1. The van der Waals surface area contributed by atoms with Gasteiger partial charge in [-0.3, -0.25) is 9.88 Å². The van der Waals surface area contributed by atoms with Gasteiger partial charge in [0.05, 0.1) is 12.0 Å². The highest BCUT2D eigenvalue weighted by molar-refractivity contribution is 5.88. The van der Waals surface area contributed by atoms with Gasteiger partial charge in [0.15, 0.2) is 0 Å². The van der Waals surface area contributed by atoms with Crippen molar-refractivity contribution in [3.63, 3.8) is 0 Å². The predicted molar refractivity (Wildman–Crippen MR) is 144 cm³/mol. The lowest BCUT2D eigenvalue weighted by Gasteiger charge is -2.32. The second-order valence-corrected chi connectivity index (χ2v) is 10.0. The summed E-state index contributed by atoms with van der Waals surface area (Å²) in [6.07, 6.45) is 6.16. The van der Waals surface area contributed by atoms with E-state index < -0.39 is 0 Å². The number of hydrogen-bond donors (Lipinski definition) is 0. The first-order chi connectivity index (χ1) is 18.1. The molecule has 0 amide bonds. The largest absolute Gasteiger partial charge is 0.492 e. The van der Waals surface area contributed by atoms with E-state index in [4.69, 9.17) is 18.3 Å². The Balaban J connectivity index is 1.12. The highest BCUT2D eigenvalue weighted by atomic mass is 16.5. The van der Waals surface area contributed by atoms with E-state index in [2.05, 4.69) is 22.9 Å². The van der Waals surface area contributed by atoms with Crippen molar-refractivity contribution in [2.24, 2.45) is 5.92 Å². The quantitative estimate of drug-likeness (QED) is 0.229. The molecule has 0 saturated carbocycles. The van der Waals surface area contributed by atoms with Crippen molar-refractivity contribution in [2.45, 2.75) is 39.8 Å². The highest BCUT2D eigenvalue weighted by Crippen LogP contribution is 2.34. The summed E-state index contributed by atoms with van der Waals surface area (Å²) >= 11 is 0. The van der Waals surface area contributed by atoms with Crippen LogP contribution in [0.25, 0.3) is 21.9 Å². The Morgan fingerprint density at radius 1 is 1.00 bits per heavy atom. The van der Waals surface area contributed by atoms with Crippen LogP contribution in [-0.2, 0) is 13.2 Å². The summed E-state index contributed by atoms with van der Waals surface area (Å²) in [5, 5.41) is 2.07. The second kappa shape index (κ2) is 10.3. The lowest BCUT2D eigenvalue weighted by molar-refractivity contribution is 0.125. The minimum atomic E-state index is 0.355. The summed E-state index contributed by atoms with van der Waals surface area (Å²) in [6, 6.07) is 18.1. The number of rotatable bonds is 8. The minimum Gasteiger partial charge on any atom is -0.492 e. The molecule has 1 unspecified atom stereocenters. The van der Waals surface area contributed by atoms with Crippen LogP contribution in [0.1, 0.15) is 35.5 Å². The van der Waals surface area contributed by atoms with Crippen LogP contribution in [0.3, 0.4) is 0 Å². The summed E-state index contributed by atoms with van der Waals surface area (Å²) in [6.45, 7) is 8.18. The first kappa shape index (κ1) is 23.6. The molecule has 37 heavy (non-hydrogen) atoms. The lowest BCUT2D eigenvalue weighted by atomic mass is 9.98. The summed E-state index contributed by atoms with van der Waals surface area (Å²) < 4.78 is 24.4. The van der Waals surface area contributed by atoms with E-state index in [-0.39, 0.29) is 0 Å². The average molecular weight is 497 g/mol. The fraction of sp³-hybridized carbons (Fsp3) is 0.323. The molecule has 2 aromatic carbocycles. The molecule has 6 nitrogen and oxygen atoms in total. The molecule has 6 heteroatoms. The number of hydrogen-bond acceptors (Lipinski definition) is 6. The number of aryl methyl sites for hydroxylation is 2. The van der Waals surface area contributed by atoms with Crippen LogP contribution >= 0.6 is 0 Å². The molecular formula is C31H32N2O4. The molecule has 3 aromatic heterocycles. The van der Waals surface area contributed by atoms with Crippen molar-refractivity contribution in [3.05, 3.63) is 89.6 Å². The van der Waals surface area contributed by atoms with E-state index >= 15 is 0 Å². The Kier molecular flexibility index (Phi) is 6.58. The number of ether oxygens (including phenoxy) is 2. The molecule has 1 fully saturated rings. The van der Waals surface area contributed by atoms with Crippen LogP contribution in [0, 0.1) is 19.8 Å². The first-order valence-electron chi connectivity index (χ1n) is 13.0. The third-order valence-corrected chi connectivity index (χ3v) is 7.20. The van der Waals surface area contributed by atoms with Gasteiger partial charge in [0, 0.05) is 42.4 Å². The molecule has 5 aromatic rings. The topological polar surface area (TPSA) is 60.9 Å². The van der Waals surface area contributed by atoms with Crippen molar-refractivity contribution < 1.29 is 18.3 Å². The third kappa shape index (κ3) is 5.20. The van der Waals surface area contributed by atoms with Crippen LogP contribution in [0.15, 0.2) is 75.8 Å². The van der Waals surface area contributed by atoms with Gasteiger partial charge in [-0.15, -0.1) is 0 Å². The zero-order chi connectivity index (χ0) is 25.2. The van der Waals surface area contributed by atoms with E-state index in [1.807, 2.05) is 67.8 Å². The van der Waals surface area contributed by atoms with Crippen LogP contribution in [0.4, 0.5) is 0 Å². The molecule has 0 radical (unpaired) electrons. The van der Waals surface area contributed by atoms with Gasteiger partial charge >= 0.3 is 0 Å². The molecule has 1 aliphatic rings. The van der Waals surface area contributed by atoms with Crippen LogP contribution in [0.5, 0.6) is 11.5 Å². The standard InChI is InChI=1S/C31H32N2O4/c1-21-14-25-15-26(10-11-27(25)36-21)34-20-30-22(2)31-28(8-3-9-29(31)37-30)35-19-24-7-5-13-33(18-24)17-23-6-4-12-32-16-23/h3-4,6,8-12,14-16,24H,5,7,13,17-20H2,1-2H3. The minimum absolute atomic E-state index is 0.355. The molecule has 0 spiro atoms. The normalized spacial score (nSPS) is 16.4. The average Bonchev–Trinajstić information content (AvgIpc) is 3.45.